The standard InChI is InChI=1S/C16H24O2/c1-2-3-4-5-6-7-8-9-11-14-15(17)12-10-13-16(14)18/h8-10,12-13,17-18H,2-7,11H2,1H3. The summed E-state index contributed by atoms with van der Waals surface area (Å²) in [4.78, 5) is 0. The van der Waals surface area contributed by atoms with E-state index in [0.29, 0.717) is 12.0 Å². The molecule has 0 spiro atoms. The summed E-state index contributed by atoms with van der Waals surface area (Å²) in [6.45, 7) is 2.22. The van der Waals surface area contributed by atoms with Gasteiger partial charge >= 0.3 is 0 Å². The van der Waals surface area contributed by atoms with Crippen LogP contribution in [-0.4, -0.2) is 10.2 Å². The van der Waals surface area contributed by atoms with E-state index in [0.717, 1.165) is 6.42 Å². The molecule has 0 radical (unpaired) electrons. The Bertz CT molecular complexity index is 349. The highest BCUT2D eigenvalue weighted by atomic mass is 16.3. The monoisotopic (exact) mass is 248 g/mol. The van der Waals surface area contributed by atoms with Gasteiger partial charge in [0.1, 0.15) is 11.5 Å². The average molecular weight is 248 g/mol. The Kier molecular flexibility index (Phi) is 7.00. The van der Waals surface area contributed by atoms with Crippen LogP contribution in [0.4, 0.5) is 0 Å². The van der Waals surface area contributed by atoms with Crippen LogP contribution in [0.1, 0.15) is 51.0 Å². The number of benzene rings is 1. The minimum Gasteiger partial charge on any atom is -0.508 e. The molecule has 18 heavy (non-hydrogen) atoms. The molecular formula is C16H24O2. The van der Waals surface area contributed by atoms with Crippen molar-refractivity contribution >= 4 is 0 Å². The summed E-state index contributed by atoms with van der Waals surface area (Å²) in [6.07, 6.45) is 12.3. The molecule has 0 amide bonds. The summed E-state index contributed by atoms with van der Waals surface area (Å²) in [5.74, 6) is 0.338. The molecule has 0 heterocycles. The van der Waals surface area contributed by atoms with Crippen LogP contribution in [-0.2, 0) is 6.42 Å². The largest absolute Gasteiger partial charge is 0.508 e. The molecule has 0 aliphatic carbocycles. The molecule has 100 valence electrons. The molecule has 0 saturated heterocycles. The molecule has 0 unspecified atom stereocenters. The zero-order chi connectivity index (χ0) is 13.2. The van der Waals surface area contributed by atoms with Crippen LogP contribution in [0.3, 0.4) is 0 Å². The SMILES string of the molecule is CCCCCCCC=CCc1c(O)cccc1O. The van der Waals surface area contributed by atoms with Gasteiger partial charge in [0.25, 0.3) is 0 Å². The van der Waals surface area contributed by atoms with Crippen molar-refractivity contribution in [2.24, 2.45) is 0 Å². The lowest BCUT2D eigenvalue weighted by Crippen LogP contribution is -1.83. The number of phenolic OH excluding ortho intramolecular Hbond substituents is 2. The van der Waals surface area contributed by atoms with E-state index in [1.807, 2.05) is 6.08 Å². The minimum absolute atomic E-state index is 0.169. The average Bonchev–Trinajstić information content (AvgIpc) is 2.35. The predicted octanol–water partition coefficient (Wildman–Crippen LogP) is 4.56. The predicted molar refractivity (Wildman–Crippen MR) is 76.0 cm³/mol. The second kappa shape index (κ2) is 8.62. The van der Waals surface area contributed by atoms with Gasteiger partial charge in [0, 0.05) is 5.56 Å². The van der Waals surface area contributed by atoms with E-state index in [-0.39, 0.29) is 11.5 Å². The van der Waals surface area contributed by atoms with Crippen LogP contribution in [0, 0.1) is 0 Å². The van der Waals surface area contributed by atoms with E-state index in [2.05, 4.69) is 13.0 Å². The maximum absolute atomic E-state index is 9.60. The van der Waals surface area contributed by atoms with Crippen molar-refractivity contribution in [2.45, 2.75) is 51.9 Å². The lowest BCUT2D eigenvalue weighted by atomic mass is 10.1. The lowest BCUT2D eigenvalue weighted by Gasteiger charge is -2.03. The van der Waals surface area contributed by atoms with Crippen LogP contribution in [0.15, 0.2) is 30.4 Å². The first-order valence-electron chi connectivity index (χ1n) is 6.90. The second-order valence-corrected chi connectivity index (χ2v) is 4.65. The van der Waals surface area contributed by atoms with Crippen LogP contribution in [0.25, 0.3) is 0 Å². The van der Waals surface area contributed by atoms with Crippen molar-refractivity contribution < 1.29 is 10.2 Å². The van der Waals surface area contributed by atoms with Crippen molar-refractivity contribution in [3.05, 3.63) is 35.9 Å². The molecule has 0 fully saturated rings. The highest BCUT2D eigenvalue weighted by Gasteiger charge is 2.03. The van der Waals surface area contributed by atoms with Crippen molar-refractivity contribution in [1.82, 2.24) is 0 Å². The van der Waals surface area contributed by atoms with E-state index in [1.165, 1.54) is 32.1 Å². The zero-order valence-corrected chi connectivity index (χ0v) is 11.2. The summed E-state index contributed by atoms with van der Waals surface area (Å²) in [5, 5.41) is 19.2. The van der Waals surface area contributed by atoms with Gasteiger partial charge in [-0.15, -0.1) is 0 Å². The third-order valence-corrected chi connectivity index (χ3v) is 3.09. The Morgan fingerprint density at radius 2 is 1.61 bits per heavy atom. The molecule has 2 N–H and O–H groups in total. The fourth-order valence-electron chi connectivity index (χ4n) is 1.96. The third-order valence-electron chi connectivity index (χ3n) is 3.09. The van der Waals surface area contributed by atoms with Gasteiger partial charge in [-0.25, -0.2) is 0 Å². The summed E-state index contributed by atoms with van der Waals surface area (Å²) < 4.78 is 0. The first kappa shape index (κ1) is 14.6. The first-order valence-corrected chi connectivity index (χ1v) is 6.90. The number of aromatic hydroxyl groups is 2. The summed E-state index contributed by atoms with van der Waals surface area (Å²) in [5.41, 5.74) is 0.611. The molecule has 0 saturated carbocycles. The highest BCUT2D eigenvalue weighted by molar-refractivity contribution is 5.43. The Morgan fingerprint density at radius 1 is 0.944 bits per heavy atom. The van der Waals surface area contributed by atoms with Crippen LogP contribution in [0.2, 0.25) is 0 Å². The summed E-state index contributed by atoms with van der Waals surface area (Å²) in [7, 11) is 0. The molecular weight excluding hydrogens is 224 g/mol. The summed E-state index contributed by atoms with van der Waals surface area (Å²) >= 11 is 0. The molecule has 1 aromatic carbocycles. The lowest BCUT2D eigenvalue weighted by molar-refractivity contribution is 0.441. The number of hydrogen-bond acceptors (Lipinski definition) is 2. The van der Waals surface area contributed by atoms with Gasteiger partial charge in [-0.3, -0.25) is 0 Å². The third kappa shape index (κ3) is 5.26. The van der Waals surface area contributed by atoms with Crippen molar-refractivity contribution in [2.75, 3.05) is 0 Å². The van der Waals surface area contributed by atoms with Gasteiger partial charge in [0.2, 0.25) is 0 Å². The first-order chi connectivity index (χ1) is 8.75. The quantitative estimate of drug-likeness (QED) is 0.523. The van der Waals surface area contributed by atoms with Crippen LogP contribution in [0.5, 0.6) is 11.5 Å². The molecule has 0 bridgehead atoms. The Labute approximate surface area is 110 Å². The van der Waals surface area contributed by atoms with Gasteiger partial charge in [-0.05, 0) is 31.4 Å². The molecule has 0 aliphatic heterocycles. The maximum Gasteiger partial charge on any atom is 0.122 e. The van der Waals surface area contributed by atoms with Crippen molar-refractivity contribution in [1.29, 1.82) is 0 Å². The number of phenols is 2. The number of allylic oxidation sites excluding steroid dienone is 2. The normalized spacial score (nSPS) is 11.2. The van der Waals surface area contributed by atoms with E-state index < -0.39 is 0 Å². The Morgan fingerprint density at radius 3 is 2.28 bits per heavy atom. The number of rotatable bonds is 8. The van der Waals surface area contributed by atoms with E-state index in [9.17, 15) is 10.2 Å². The van der Waals surface area contributed by atoms with Gasteiger partial charge in [0.05, 0.1) is 0 Å². The van der Waals surface area contributed by atoms with E-state index in [1.54, 1.807) is 18.2 Å². The smallest absolute Gasteiger partial charge is 0.122 e. The molecule has 1 rings (SSSR count). The minimum atomic E-state index is 0.169. The van der Waals surface area contributed by atoms with Crippen molar-refractivity contribution in [3.63, 3.8) is 0 Å². The molecule has 2 nitrogen and oxygen atoms in total. The Balaban J connectivity index is 2.24. The van der Waals surface area contributed by atoms with Crippen LogP contribution < -0.4 is 0 Å². The second-order valence-electron chi connectivity index (χ2n) is 4.65. The van der Waals surface area contributed by atoms with Gasteiger partial charge in [0.15, 0.2) is 0 Å². The van der Waals surface area contributed by atoms with Crippen LogP contribution >= 0.6 is 0 Å². The topological polar surface area (TPSA) is 40.5 Å². The fourth-order valence-corrected chi connectivity index (χ4v) is 1.96. The van der Waals surface area contributed by atoms with Gasteiger partial charge < -0.3 is 10.2 Å². The van der Waals surface area contributed by atoms with E-state index >= 15 is 0 Å². The zero-order valence-electron chi connectivity index (χ0n) is 11.2. The maximum atomic E-state index is 9.60. The fraction of sp³-hybridized carbons (Fsp3) is 0.500. The molecule has 0 aromatic heterocycles. The molecule has 0 atom stereocenters. The molecule has 0 aliphatic rings. The number of unbranched alkanes of at least 4 members (excludes halogenated alkanes) is 5. The summed E-state index contributed by atoms with van der Waals surface area (Å²) in [6, 6.07) is 4.85. The van der Waals surface area contributed by atoms with Crippen molar-refractivity contribution in [3.8, 4) is 11.5 Å². The Hall–Kier alpha value is -1.44. The number of hydrogen-bond donors (Lipinski definition) is 2. The van der Waals surface area contributed by atoms with E-state index in [4.69, 9.17) is 0 Å². The van der Waals surface area contributed by atoms with Gasteiger partial charge in [-0.2, -0.15) is 0 Å². The molecule has 2 heteroatoms. The van der Waals surface area contributed by atoms with Gasteiger partial charge in [-0.1, -0.05) is 50.8 Å². The molecule has 1 aromatic rings. The highest BCUT2D eigenvalue weighted by Crippen LogP contribution is 2.26.